The van der Waals surface area contributed by atoms with Crippen LogP contribution in [0.5, 0.6) is 11.5 Å². The van der Waals surface area contributed by atoms with Gasteiger partial charge in [0, 0.05) is 30.8 Å². The number of carbonyl (C=O) groups excluding carboxylic acids is 1. The third-order valence-corrected chi connectivity index (χ3v) is 3.38. The van der Waals surface area contributed by atoms with E-state index in [1.165, 1.54) is 18.2 Å². The molecule has 106 valence electrons. The Morgan fingerprint density at radius 2 is 1.90 bits per heavy atom. The van der Waals surface area contributed by atoms with Crippen molar-refractivity contribution in [3.8, 4) is 17.6 Å². The predicted molar refractivity (Wildman–Crippen MR) is 72.3 cm³/mol. The monoisotopic (exact) mass is 275 g/mol. The summed E-state index contributed by atoms with van der Waals surface area (Å²) in [6, 6.07) is 5.99. The van der Waals surface area contributed by atoms with E-state index in [9.17, 15) is 15.0 Å². The van der Waals surface area contributed by atoms with Crippen molar-refractivity contribution < 1.29 is 15.0 Å². The maximum Gasteiger partial charge on any atom is 0.251 e. The molecule has 2 rings (SSSR count). The van der Waals surface area contributed by atoms with Gasteiger partial charge in [-0.25, -0.2) is 0 Å². The van der Waals surface area contributed by atoms with Crippen LogP contribution in [0.4, 0.5) is 0 Å². The topological polar surface area (TPSA) is 96.6 Å². The summed E-state index contributed by atoms with van der Waals surface area (Å²) in [5.74, 6) is -0.590. The van der Waals surface area contributed by atoms with Crippen LogP contribution in [-0.4, -0.2) is 46.7 Å². The predicted octanol–water partition coefficient (Wildman–Crippen LogP) is 0.816. The van der Waals surface area contributed by atoms with Gasteiger partial charge in [-0.1, -0.05) is 0 Å². The van der Waals surface area contributed by atoms with Crippen LogP contribution in [0.3, 0.4) is 0 Å². The molecular weight excluding hydrogens is 258 g/mol. The first-order valence-electron chi connectivity index (χ1n) is 6.51. The lowest BCUT2D eigenvalue weighted by molar-refractivity contribution is 0.0913. The van der Waals surface area contributed by atoms with Crippen molar-refractivity contribution in [3.05, 3.63) is 23.8 Å². The van der Waals surface area contributed by atoms with E-state index in [0.29, 0.717) is 6.54 Å². The molecule has 6 nitrogen and oxygen atoms in total. The summed E-state index contributed by atoms with van der Waals surface area (Å²) >= 11 is 0. The molecule has 1 aliphatic heterocycles. The quantitative estimate of drug-likeness (QED) is 0.709. The SMILES string of the molecule is N#CCN1CCC(NC(=O)c2cc(O)cc(O)c2)CC1. The number of likely N-dealkylation sites (tertiary alicyclic amines) is 1. The molecule has 0 aromatic heterocycles. The summed E-state index contributed by atoms with van der Waals surface area (Å²) in [5, 5.41) is 30.2. The van der Waals surface area contributed by atoms with E-state index in [0.717, 1.165) is 25.9 Å². The van der Waals surface area contributed by atoms with Gasteiger partial charge in [-0.05, 0) is 25.0 Å². The van der Waals surface area contributed by atoms with Gasteiger partial charge in [0.05, 0.1) is 12.6 Å². The summed E-state index contributed by atoms with van der Waals surface area (Å²) in [6.07, 6.45) is 1.58. The lowest BCUT2D eigenvalue weighted by Gasteiger charge is -2.30. The van der Waals surface area contributed by atoms with Crippen LogP contribution >= 0.6 is 0 Å². The summed E-state index contributed by atoms with van der Waals surface area (Å²) in [6.45, 7) is 1.98. The summed E-state index contributed by atoms with van der Waals surface area (Å²) in [4.78, 5) is 14.1. The second-order valence-corrected chi connectivity index (χ2v) is 4.92. The van der Waals surface area contributed by atoms with Crippen molar-refractivity contribution >= 4 is 5.91 Å². The Labute approximate surface area is 117 Å². The fourth-order valence-corrected chi connectivity index (χ4v) is 2.33. The Bertz CT molecular complexity index is 511. The number of nitrogens with one attached hydrogen (secondary N) is 1. The Balaban J connectivity index is 1.91. The first-order valence-corrected chi connectivity index (χ1v) is 6.51. The van der Waals surface area contributed by atoms with E-state index >= 15 is 0 Å². The van der Waals surface area contributed by atoms with Gasteiger partial charge in [0.15, 0.2) is 0 Å². The van der Waals surface area contributed by atoms with E-state index in [2.05, 4.69) is 11.4 Å². The number of amides is 1. The van der Waals surface area contributed by atoms with Crippen LogP contribution in [0.2, 0.25) is 0 Å². The highest BCUT2D eigenvalue weighted by Gasteiger charge is 2.21. The number of nitriles is 1. The molecule has 0 aliphatic carbocycles. The molecule has 3 N–H and O–H groups in total. The maximum absolute atomic E-state index is 12.0. The molecule has 0 unspecified atom stereocenters. The molecule has 0 atom stereocenters. The fraction of sp³-hybridized carbons (Fsp3) is 0.429. The van der Waals surface area contributed by atoms with E-state index in [4.69, 9.17) is 5.26 Å². The standard InChI is InChI=1S/C14H17N3O3/c15-3-6-17-4-1-11(2-5-17)16-14(20)10-7-12(18)9-13(19)8-10/h7-9,11,18-19H,1-2,4-6H2,(H,16,20). The molecule has 6 heteroatoms. The van der Waals surface area contributed by atoms with Crippen LogP contribution in [-0.2, 0) is 0 Å². The number of nitrogens with zero attached hydrogens (tertiary/aromatic N) is 2. The lowest BCUT2D eigenvalue weighted by Crippen LogP contribution is -2.44. The van der Waals surface area contributed by atoms with Crippen LogP contribution in [0.1, 0.15) is 23.2 Å². The number of phenols is 2. The second kappa shape index (κ2) is 6.26. The zero-order valence-electron chi connectivity index (χ0n) is 11.0. The van der Waals surface area contributed by atoms with Crippen LogP contribution in [0.25, 0.3) is 0 Å². The van der Waals surface area contributed by atoms with Gasteiger partial charge in [-0.15, -0.1) is 0 Å². The minimum Gasteiger partial charge on any atom is -0.508 e. The van der Waals surface area contributed by atoms with Crippen LogP contribution in [0, 0.1) is 11.3 Å². The van der Waals surface area contributed by atoms with Crippen LogP contribution in [0.15, 0.2) is 18.2 Å². The highest BCUT2D eigenvalue weighted by atomic mass is 16.3. The third kappa shape index (κ3) is 3.62. The number of carbonyl (C=O) groups is 1. The molecule has 1 aromatic carbocycles. The van der Waals surface area contributed by atoms with Crippen molar-refractivity contribution in [1.29, 1.82) is 5.26 Å². The van der Waals surface area contributed by atoms with Gasteiger partial charge in [0.25, 0.3) is 5.91 Å². The molecule has 1 saturated heterocycles. The number of aromatic hydroxyl groups is 2. The Hall–Kier alpha value is -2.26. The third-order valence-electron chi connectivity index (χ3n) is 3.38. The lowest BCUT2D eigenvalue weighted by atomic mass is 10.0. The van der Waals surface area contributed by atoms with E-state index in [1.54, 1.807) is 0 Å². The Morgan fingerprint density at radius 3 is 2.45 bits per heavy atom. The number of hydrogen-bond acceptors (Lipinski definition) is 5. The normalized spacial score (nSPS) is 16.6. The van der Waals surface area contributed by atoms with Gasteiger partial charge in [-0.2, -0.15) is 5.26 Å². The number of rotatable bonds is 3. The van der Waals surface area contributed by atoms with Crippen molar-refractivity contribution in [3.63, 3.8) is 0 Å². The van der Waals surface area contributed by atoms with E-state index < -0.39 is 0 Å². The molecule has 1 fully saturated rings. The van der Waals surface area contributed by atoms with Crippen molar-refractivity contribution in [1.82, 2.24) is 10.2 Å². The van der Waals surface area contributed by atoms with Crippen molar-refractivity contribution in [2.75, 3.05) is 19.6 Å². The highest BCUT2D eigenvalue weighted by Crippen LogP contribution is 2.20. The van der Waals surface area contributed by atoms with Crippen molar-refractivity contribution in [2.45, 2.75) is 18.9 Å². The molecule has 1 aliphatic rings. The van der Waals surface area contributed by atoms with Crippen LogP contribution < -0.4 is 5.32 Å². The minimum atomic E-state index is -0.310. The Kier molecular flexibility index (Phi) is 4.43. The second-order valence-electron chi connectivity index (χ2n) is 4.92. The maximum atomic E-state index is 12.0. The molecule has 1 aromatic rings. The van der Waals surface area contributed by atoms with E-state index in [1.807, 2.05) is 4.90 Å². The molecule has 1 amide bonds. The average molecular weight is 275 g/mol. The summed E-state index contributed by atoms with van der Waals surface area (Å²) in [5.41, 5.74) is 0.238. The molecule has 1 heterocycles. The van der Waals surface area contributed by atoms with Gasteiger partial charge in [0.1, 0.15) is 11.5 Å². The number of benzene rings is 1. The van der Waals surface area contributed by atoms with E-state index in [-0.39, 0.29) is 29.0 Å². The molecule has 0 radical (unpaired) electrons. The van der Waals surface area contributed by atoms with Gasteiger partial charge < -0.3 is 15.5 Å². The minimum absolute atomic E-state index is 0.0573. The molecule has 0 spiro atoms. The summed E-state index contributed by atoms with van der Waals surface area (Å²) in [7, 11) is 0. The molecule has 0 saturated carbocycles. The van der Waals surface area contributed by atoms with Gasteiger partial charge in [-0.3, -0.25) is 9.69 Å². The first kappa shape index (κ1) is 14.2. The number of hydrogen-bond donors (Lipinski definition) is 3. The zero-order chi connectivity index (χ0) is 14.5. The number of phenolic OH excluding ortho intramolecular Hbond substituents is 2. The largest absolute Gasteiger partial charge is 0.508 e. The molecule has 0 bridgehead atoms. The summed E-state index contributed by atoms with van der Waals surface area (Å²) < 4.78 is 0. The number of piperidine rings is 1. The Morgan fingerprint density at radius 1 is 1.30 bits per heavy atom. The zero-order valence-corrected chi connectivity index (χ0v) is 11.0. The molecule has 20 heavy (non-hydrogen) atoms. The fourth-order valence-electron chi connectivity index (χ4n) is 2.33. The molecular formula is C14H17N3O3. The first-order chi connectivity index (χ1) is 9.58. The smallest absolute Gasteiger partial charge is 0.251 e. The average Bonchev–Trinajstić information content (AvgIpc) is 2.40. The van der Waals surface area contributed by atoms with Crippen molar-refractivity contribution in [2.24, 2.45) is 0 Å². The highest BCUT2D eigenvalue weighted by molar-refractivity contribution is 5.95. The van der Waals surface area contributed by atoms with Gasteiger partial charge in [0.2, 0.25) is 0 Å². The van der Waals surface area contributed by atoms with Gasteiger partial charge >= 0.3 is 0 Å².